The smallest absolute Gasteiger partial charge is 0.246 e. The number of likely N-dealkylation sites (tertiary alicyclic amines) is 1. The number of carbonyl (C=O) groups is 2. The molecule has 0 aliphatic carbocycles. The zero-order chi connectivity index (χ0) is 19.4. The molecule has 2 aromatic rings. The lowest BCUT2D eigenvalue weighted by atomic mass is 10.0. The molecule has 3 rings (SSSR count). The molecular weight excluding hydrogens is 340 g/mol. The van der Waals surface area contributed by atoms with Crippen LogP contribution in [0, 0.1) is 6.92 Å². The van der Waals surface area contributed by atoms with E-state index in [1.54, 1.807) is 7.05 Å². The zero-order valence-corrected chi connectivity index (χ0v) is 15.9. The third-order valence-corrected chi connectivity index (χ3v) is 5.02. The number of nitrogens with zero attached hydrogens (tertiary/aromatic N) is 3. The molecule has 1 atom stereocenters. The average molecular weight is 366 g/mol. The van der Waals surface area contributed by atoms with Crippen LogP contribution in [0.3, 0.4) is 0 Å². The van der Waals surface area contributed by atoms with Gasteiger partial charge < -0.3 is 14.8 Å². The molecule has 27 heavy (non-hydrogen) atoms. The topological polar surface area (TPSA) is 69.3 Å². The summed E-state index contributed by atoms with van der Waals surface area (Å²) in [5, 5.41) is 0. The molecule has 6 heteroatoms. The van der Waals surface area contributed by atoms with Crippen LogP contribution in [-0.2, 0) is 9.59 Å². The number of carbonyl (C=O) groups excluding carboxylic acids is 2. The number of hydrogen-bond acceptors (Lipinski definition) is 3. The number of aromatic nitrogens is 2. The summed E-state index contributed by atoms with van der Waals surface area (Å²) >= 11 is 0. The van der Waals surface area contributed by atoms with E-state index in [0.29, 0.717) is 6.54 Å². The lowest BCUT2D eigenvalue weighted by Gasteiger charge is -2.35. The maximum absolute atomic E-state index is 12.8. The van der Waals surface area contributed by atoms with E-state index in [9.17, 15) is 9.59 Å². The van der Waals surface area contributed by atoms with Gasteiger partial charge >= 0.3 is 0 Å². The quantitative estimate of drug-likeness (QED) is 0.827. The number of H-pyrrole nitrogens is 1. The highest BCUT2D eigenvalue weighted by molar-refractivity contribution is 5.90. The summed E-state index contributed by atoms with van der Waals surface area (Å²) in [7, 11) is 1.61. The minimum atomic E-state index is -0.253. The lowest BCUT2D eigenvalue weighted by molar-refractivity contribution is -0.140. The van der Waals surface area contributed by atoms with E-state index in [1.165, 1.54) is 16.5 Å². The minimum Gasteiger partial charge on any atom is -0.340 e. The van der Waals surface area contributed by atoms with Gasteiger partial charge in [-0.25, -0.2) is 4.98 Å². The van der Waals surface area contributed by atoms with Crippen molar-refractivity contribution in [2.45, 2.75) is 32.2 Å². The Labute approximate surface area is 159 Å². The molecule has 142 valence electrons. The van der Waals surface area contributed by atoms with Crippen LogP contribution in [0.25, 0.3) is 11.3 Å². The molecule has 0 spiro atoms. The van der Waals surface area contributed by atoms with Gasteiger partial charge in [0.15, 0.2) is 0 Å². The Balaban J connectivity index is 1.77. The monoisotopic (exact) mass is 366 g/mol. The highest BCUT2D eigenvalue weighted by atomic mass is 16.2. The van der Waals surface area contributed by atoms with E-state index in [0.717, 1.165) is 36.3 Å². The van der Waals surface area contributed by atoms with Crippen LogP contribution in [0.4, 0.5) is 0 Å². The molecule has 1 aliphatic heterocycles. The van der Waals surface area contributed by atoms with Crippen LogP contribution in [0.2, 0.25) is 0 Å². The van der Waals surface area contributed by atoms with Crippen molar-refractivity contribution in [2.24, 2.45) is 0 Å². The highest BCUT2D eigenvalue weighted by Crippen LogP contribution is 2.30. The number of hydrogen-bond donors (Lipinski definition) is 1. The Bertz CT molecular complexity index is 825. The van der Waals surface area contributed by atoms with Crippen molar-refractivity contribution in [3.63, 3.8) is 0 Å². The van der Waals surface area contributed by atoms with Crippen molar-refractivity contribution in [3.8, 4) is 11.3 Å². The van der Waals surface area contributed by atoms with Gasteiger partial charge in [0, 0.05) is 13.6 Å². The molecule has 1 aromatic carbocycles. The van der Waals surface area contributed by atoms with Gasteiger partial charge in [-0.3, -0.25) is 9.59 Å². The molecule has 1 N–H and O–H groups in total. The largest absolute Gasteiger partial charge is 0.340 e. The summed E-state index contributed by atoms with van der Waals surface area (Å²) in [6, 6.07) is 8.17. The van der Waals surface area contributed by atoms with Gasteiger partial charge in [0.1, 0.15) is 5.82 Å². The van der Waals surface area contributed by atoms with E-state index < -0.39 is 0 Å². The van der Waals surface area contributed by atoms with E-state index >= 15 is 0 Å². The van der Waals surface area contributed by atoms with Crippen LogP contribution in [0.1, 0.15) is 36.7 Å². The number of amides is 2. The first-order valence-electron chi connectivity index (χ1n) is 9.28. The number of nitrogens with one attached hydrogen (secondary N) is 1. The van der Waals surface area contributed by atoms with Gasteiger partial charge in [0.2, 0.25) is 11.8 Å². The van der Waals surface area contributed by atoms with Crippen LogP contribution in [-0.4, -0.2) is 51.7 Å². The molecule has 1 aromatic heterocycles. The standard InChI is InChI=1S/C21H26N4O2/c1-4-19(26)24(3)14-20(27)25-12-6-5-7-18(25)21-22-13-17(23-21)16-10-8-15(2)9-11-16/h4,8-11,13,18H,1,5-7,12,14H2,2-3H3,(H,22,23). The Morgan fingerprint density at radius 2 is 2.07 bits per heavy atom. The summed E-state index contributed by atoms with van der Waals surface area (Å²) in [4.78, 5) is 35.6. The fourth-order valence-corrected chi connectivity index (χ4v) is 3.43. The highest BCUT2D eigenvalue weighted by Gasteiger charge is 2.30. The van der Waals surface area contributed by atoms with Crippen molar-refractivity contribution in [3.05, 3.63) is 54.5 Å². The zero-order valence-electron chi connectivity index (χ0n) is 15.9. The second kappa shape index (κ2) is 8.20. The molecule has 6 nitrogen and oxygen atoms in total. The maximum atomic E-state index is 12.8. The number of piperidine rings is 1. The molecule has 1 aliphatic rings. The number of aromatic amines is 1. The van der Waals surface area contributed by atoms with E-state index in [2.05, 4.69) is 47.7 Å². The third kappa shape index (κ3) is 4.27. The third-order valence-electron chi connectivity index (χ3n) is 5.02. The number of imidazole rings is 1. The molecule has 1 fully saturated rings. The normalized spacial score (nSPS) is 16.8. The first-order chi connectivity index (χ1) is 13.0. The van der Waals surface area contributed by atoms with Gasteiger partial charge in [-0.05, 0) is 37.8 Å². The molecular formula is C21H26N4O2. The summed E-state index contributed by atoms with van der Waals surface area (Å²) in [5.74, 6) is 0.485. The molecule has 2 heterocycles. The summed E-state index contributed by atoms with van der Waals surface area (Å²) in [6.45, 7) is 6.26. The van der Waals surface area contributed by atoms with E-state index in [1.807, 2.05) is 11.1 Å². The Morgan fingerprint density at radius 1 is 1.33 bits per heavy atom. The fraction of sp³-hybridized carbons (Fsp3) is 0.381. The minimum absolute atomic E-state index is 0.0485. The van der Waals surface area contributed by atoms with Crippen molar-refractivity contribution in [2.75, 3.05) is 20.1 Å². The van der Waals surface area contributed by atoms with Gasteiger partial charge in [0.25, 0.3) is 0 Å². The van der Waals surface area contributed by atoms with E-state index in [-0.39, 0.29) is 24.4 Å². The predicted molar refractivity (Wildman–Crippen MR) is 105 cm³/mol. The fourth-order valence-electron chi connectivity index (χ4n) is 3.43. The van der Waals surface area contributed by atoms with Crippen molar-refractivity contribution >= 4 is 11.8 Å². The molecule has 2 amide bonds. The lowest BCUT2D eigenvalue weighted by Crippen LogP contribution is -2.44. The summed E-state index contributed by atoms with van der Waals surface area (Å²) < 4.78 is 0. The Morgan fingerprint density at radius 3 is 2.78 bits per heavy atom. The molecule has 1 saturated heterocycles. The SMILES string of the molecule is C=CC(=O)N(C)CC(=O)N1CCCCC1c1ncc(-c2ccc(C)cc2)[nH]1. The molecule has 1 unspecified atom stereocenters. The Hall–Kier alpha value is -2.89. The van der Waals surface area contributed by atoms with Crippen molar-refractivity contribution in [1.29, 1.82) is 0 Å². The van der Waals surface area contributed by atoms with Crippen LogP contribution in [0.15, 0.2) is 43.1 Å². The number of rotatable bonds is 5. The van der Waals surface area contributed by atoms with Gasteiger partial charge in [-0.2, -0.15) is 0 Å². The number of benzene rings is 1. The summed E-state index contributed by atoms with van der Waals surface area (Å²) in [5.41, 5.74) is 3.23. The molecule has 0 saturated carbocycles. The second-order valence-electron chi connectivity index (χ2n) is 7.05. The van der Waals surface area contributed by atoms with Gasteiger partial charge in [-0.15, -0.1) is 0 Å². The number of aryl methyl sites for hydroxylation is 1. The van der Waals surface area contributed by atoms with Crippen molar-refractivity contribution in [1.82, 2.24) is 19.8 Å². The first-order valence-corrected chi connectivity index (χ1v) is 9.28. The van der Waals surface area contributed by atoms with E-state index in [4.69, 9.17) is 0 Å². The van der Waals surface area contributed by atoms with Crippen molar-refractivity contribution < 1.29 is 9.59 Å². The second-order valence-corrected chi connectivity index (χ2v) is 7.05. The molecule has 0 radical (unpaired) electrons. The van der Waals surface area contributed by atoms with Gasteiger partial charge in [-0.1, -0.05) is 36.4 Å². The molecule has 0 bridgehead atoms. The predicted octanol–water partition coefficient (Wildman–Crippen LogP) is 3.08. The van der Waals surface area contributed by atoms with Crippen LogP contribution in [0.5, 0.6) is 0 Å². The Kier molecular flexibility index (Phi) is 5.74. The average Bonchev–Trinajstić information content (AvgIpc) is 3.17. The summed E-state index contributed by atoms with van der Waals surface area (Å²) in [6.07, 6.45) is 5.93. The van der Waals surface area contributed by atoms with Gasteiger partial charge in [0.05, 0.1) is 24.5 Å². The van der Waals surface area contributed by atoms with Crippen LogP contribution >= 0.6 is 0 Å². The first kappa shape index (κ1) is 18.9. The maximum Gasteiger partial charge on any atom is 0.246 e. The number of likely N-dealkylation sites (N-methyl/N-ethyl adjacent to an activating group) is 1. The van der Waals surface area contributed by atoms with Crippen LogP contribution < -0.4 is 0 Å².